The smallest absolute Gasteiger partial charge is 0.408 e. The average molecular weight is 504 g/mol. The lowest BCUT2D eigenvalue weighted by Crippen LogP contribution is -2.52. The molecule has 7 nitrogen and oxygen atoms in total. The second-order valence-corrected chi connectivity index (χ2v) is 10.7. The number of hydrogen-bond donors (Lipinski definition) is 2. The largest absolute Gasteiger partial charge is 0.444 e. The highest BCUT2D eigenvalue weighted by Gasteiger charge is 2.35. The van der Waals surface area contributed by atoms with E-state index in [-0.39, 0.29) is 11.8 Å². The van der Waals surface area contributed by atoms with Crippen molar-refractivity contribution in [2.24, 2.45) is 0 Å². The Hall–Kier alpha value is -2.57. The fourth-order valence-corrected chi connectivity index (χ4v) is 4.06. The maximum Gasteiger partial charge on any atom is 0.408 e. The van der Waals surface area contributed by atoms with E-state index >= 15 is 0 Å². The lowest BCUT2D eigenvalue weighted by Gasteiger charge is -2.34. The second kappa shape index (κ2) is 15.5. The summed E-state index contributed by atoms with van der Waals surface area (Å²) in [7, 11) is 0. The van der Waals surface area contributed by atoms with E-state index in [0.29, 0.717) is 13.1 Å². The van der Waals surface area contributed by atoms with Gasteiger partial charge in [0, 0.05) is 13.1 Å². The number of nitrogens with one attached hydrogen (secondary N) is 2. The van der Waals surface area contributed by atoms with Crippen LogP contribution < -0.4 is 10.6 Å². The summed E-state index contributed by atoms with van der Waals surface area (Å²) < 4.78 is 5.35. The number of nitrogens with zero attached hydrogens (tertiary/aromatic N) is 1. The Labute approximate surface area is 218 Å². The molecule has 0 heterocycles. The van der Waals surface area contributed by atoms with Gasteiger partial charge in [-0.05, 0) is 65.5 Å². The summed E-state index contributed by atoms with van der Waals surface area (Å²) in [6.45, 7) is 16.2. The van der Waals surface area contributed by atoms with Gasteiger partial charge in [-0.2, -0.15) is 0 Å². The van der Waals surface area contributed by atoms with E-state index in [0.717, 1.165) is 61.6 Å². The SMILES string of the molecule is CCCCCCN(C(=O)C(C)NC(=O)OC(C)(C)C)C(C(=O)NCCCCC)c1cc(C)ccc1C. The Morgan fingerprint density at radius 3 is 2.22 bits per heavy atom. The predicted molar refractivity (Wildman–Crippen MR) is 146 cm³/mol. The molecule has 0 aliphatic carbocycles. The highest BCUT2D eigenvalue weighted by atomic mass is 16.6. The third-order valence-electron chi connectivity index (χ3n) is 6.01. The van der Waals surface area contributed by atoms with Crippen LogP contribution in [0.5, 0.6) is 0 Å². The maximum atomic E-state index is 13.8. The van der Waals surface area contributed by atoms with Gasteiger partial charge in [0.2, 0.25) is 11.8 Å². The monoisotopic (exact) mass is 503 g/mol. The summed E-state index contributed by atoms with van der Waals surface area (Å²) in [4.78, 5) is 41.4. The number of benzene rings is 1. The van der Waals surface area contributed by atoms with Crippen LogP contribution in [0.4, 0.5) is 4.79 Å². The van der Waals surface area contributed by atoms with Gasteiger partial charge >= 0.3 is 6.09 Å². The van der Waals surface area contributed by atoms with Crippen molar-refractivity contribution in [3.63, 3.8) is 0 Å². The van der Waals surface area contributed by atoms with Gasteiger partial charge in [0.15, 0.2) is 0 Å². The summed E-state index contributed by atoms with van der Waals surface area (Å²) in [5, 5.41) is 5.73. The van der Waals surface area contributed by atoms with Gasteiger partial charge in [0.25, 0.3) is 0 Å². The molecule has 2 N–H and O–H groups in total. The van der Waals surface area contributed by atoms with Crippen molar-refractivity contribution < 1.29 is 19.1 Å². The lowest BCUT2D eigenvalue weighted by atomic mass is 9.96. The average Bonchev–Trinajstić information content (AvgIpc) is 2.78. The third-order valence-corrected chi connectivity index (χ3v) is 6.01. The van der Waals surface area contributed by atoms with Crippen LogP contribution in [0.2, 0.25) is 0 Å². The van der Waals surface area contributed by atoms with Crippen LogP contribution in [0.15, 0.2) is 18.2 Å². The van der Waals surface area contributed by atoms with E-state index in [1.54, 1.807) is 32.6 Å². The minimum Gasteiger partial charge on any atom is -0.444 e. The molecule has 0 saturated carbocycles. The van der Waals surface area contributed by atoms with Gasteiger partial charge in [-0.25, -0.2) is 4.79 Å². The summed E-state index contributed by atoms with van der Waals surface area (Å²) >= 11 is 0. The van der Waals surface area contributed by atoms with Gasteiger partial charge in [0.05, 0.1) is 0 Å². The van der Waals surface area contributed by atoms with Crippen molar-refractivity contribution in [3.8, 4) is 0 Å². The van der Waals surface area contributed by atoms with Crippen LogP contribution in [0.25, 0.3) is 0 Å². The molecule has 204 valence electrons. The molecule has 0 radical (unpaired) electrons. The van der Waals surface area contributed by atoms with Crippen molar-refractivity contribution in [1.82, 2.24) is 15.5 Å². The molecule has 2 atom stereocenters. The highest BCUT2D eigenvalue weighted by molar-refractivity contribution is 5.92. The van der Waals surface area contributed by atoms with Gasteiger partial charge in [0.1, 0.15) is 17.7 Å². The molecule has 0 spiro atoms. The molecule has 0 aliphatic rings. The quantitative estimate of drug-likeness (QED) is 0.306. The van der Waals surface area contributed by atoms with Crippen LogP contribution in [0, 0.1) is 13.8 Å². The first-order valence-electron chi connectivity index (χ1n) is 13.6. The molecular formula is C29H49N3O4. The number of rotatable bonds is 14. The molecular weight excluding hydrogens is 454 g/mol. The topological polar surface area (TPSA) is 87.7 Å². The molecule has 0 saturated heterocycles. The van der Waals surface area contributed by atoms with Crippen molar-refractivity contribution >= 4 is 17.9 Å². The first-order chi connectivity index (χ1) is 16.9. The lowest BCUT2D eigenvalue weighted by molar-refractivity contribution is -0.142. The third kappa shape index (κ3) is 11.0. The molecule has 1 aromatic carbocycles. The number of alkyl carbamates (subject to hydrolysis) is 1. The zero-order valence-electron chi connectivity index (χ0n) is 23.8. The van der Waals surface area contributed by atoms with Crippen LogP contribution in [0.1, 0.15) is 109 Å². The second-order valence-electron chi connectivity index (χ2n) is 10.7. The molecule has 0 bridgehead atoms. The van der Waals surface area contributed by atoms with E-state index in [4.69, 9.17) is 4.74 Å². The van der Waals surface area contributed by atoms with E-state index in [2.05, 4.69) is 24.5 Å². The van der Waals surface area contributed by atoms with E-state index < -0.39 is 23.8 Å². The Morgan fingerprint density at radius 2 is 1.61 bits per heavy atom. The molecule has 0 fully saturated rings. The first kappa shape index (κ1) is 31.5. The summed E-state index contributed by atoms with van der Waals surface area (Å²) in [6, 6.07) is 4.37. The Balaban J connectivity index is 3.33. The predicted octanol–water partition coefficient (Wildman–Crippen LogP) is 5.97. The first-order valence-corrected chi connectivity index (χ1v) is 13.6. The van der Waals surface area contributed by atoms with E-state index in [1.807, 2.05) is 32.0 Å². The summed E-state index contributed by atoms with van der Waals surface area (Å²) in [5.41, 5.74) is 2.12. The minimum atomic E-state index is -0.841. The Kier molecular flexibility index (Phi) is 13.6. The van der Waals surface area contributed by atoms with Gasteiger partial charge < -0.3 is 20.3 Å². The number of carbonyl (C=O) groups is 3. The van der Waals surface area contributed by atoms with Gasteiger partial charge in [-0.1, -0.05) is 69.7 Å². The number of amides is 3. The number of aryl methyl sites for hydroxylation is 2. The van der Waals surface area contributed by atoms with E-state index in [9.17, 15) is 14.4 Å². The van der Waals surface area contributed by atoms with Crippen LogP contribution >= 0.6 is 0 Å². The van der Waals surface area contributed by atoms with Crippen molar-refractivity contribution in [2.75, 3.05) is 13.1 Å². The number of unbranched alkanes of at least 4 members (excludes halogenated alkanes) is 5. The highest BCUT2D eigenvalue weighted by Crippen LogP contribution is 2.27. The minimum absolute atomic E-state index is 0.187. The normalized spacial score (nSPS) is 13.0. The van der Waals surface area contributed by atoms with Gasteiger partial charge in [-0.15, -0.1) is 0 Å². The zero-order valence-corrected chi connectivity index (χ0v) is 23.8. The zero-order chi connectivity index (χ0) is 27.3. The molecule has 7 heteroatoms. The molecule has 3 amide bonds. The van der Waals surface area contributed by atoms with E-state index in [1.165, 1.54) is 0 Å². The summed E-state index contributed by atoms with van der Waals surface area (Å²) in [5.74, 6) is -0.486. The fourth-order valence-electron chi connectivity index (χ4n) is 4.06. The molecule has 0 aliphatic heterocycles. The Morgan fingerprint density at radius 1 is 0.972 bits per heavy atom. The molecule has 2 unspecified atom stereocenters. The van der Waals surface area contributed by atoms with Crippen LogP contribution in [-0.2, 0) is 14.3 Å². The van der Waals surface area contributed by atoms with Crippen molar-refractivity contribution in [3.05, 3.63) is 34.9 Å². The maximum absolute atomic E-state index is 13.8. The van der Waals surface area contributed by atoms with Crippen molar-refractivity contribution in [2.45, 2.75) is 118 Å². The van der Waals surface area contributed by atoms with Gasteiger partial charge in [-0.3, -0.25) is 9.59 Å². The summed E-state index contributed by atoms with van der Waals surface area (Å²) in [6.07, 6.45) is 6.21. The molecule has 36 heavy (non-hydrogen) atoms. The van der Waals surface area contributed by atoms with Crippen LogP contribution in [0.3, 0.4) is 0 Å². The molecule has 1 rings (SSSR count). The Bertz CT molecular complexity index is 847. The van der Waals surface area contributed by atoms with Crippen LogP contribution in [-0.4, -0.2) is 47.5 Å². The number of carbonyl (C=O) groups excluding carboxylic acids is 3. The number of hydrogen-bond acceptors (Lipinski definition) is 4. The molecule has 0 aromatic heterocycles. The van der Waals surface area contributed by atoms with Crippen molar-refractivity contribution in [1.29, 1.82) is 0 Å². The fraction of sp³-hybridized carbons (Fsp3) is 0.690. The molecule has 1 aromatic rings. The number of ether oxygens (including phenoxy) is 1. The standard InChI is InChI=1S/C29H49N3O4/c1-9-11-13-15-19-32(27(34)23(5)31-28(35)36-29(6,7)8)25(26(33)30-18-14-12-10-2)24-20-21(3)16-17-22(24)4/h16-17,20,23,25H,9-15,18-19H2,1-8H3,(H,30,33)(H,31,35).